The van der Waals surface area contributed by atoms with Crippen molar-refractivity contribution in [1.29, 1.82) is 0 Å². The Kier molecular flexibility index (Phi) is 4.11. The van der Waals surface area contributed by atoms with E-state index < -0.39 is 23.9 Å². The third-order valence-electron chi connectivity index (χ3n) is 1.78. The summed E-state index contributed by atoms with van der Waals surface area (Å²) in [6, 6.07) is 0. The van der Waals surface area contributed by atoms with Crippen LogP contribution >= 0.6 is 23.0 Å². The second-order valence-electron chi connectivity index (χ2n) is 2.96. The fourth-order valence-corrected chi connectivity index (χ4v) is 2.00. The van der Waals surface area contributed by atoms with Crippen LogP contribution in [0.25, 0.3) is 0 Å². The van der Waals surface area contributed by atoms with E-state index in [0.29, 0.717) is 23.0 Å². The molecule has 1 nitrogen and oxygen atoms in total. The zero-order valence-corrected chi connectivity index (χ0v) is 9.29. The van der Waals surface area contributed by atoms with Gasteiger partial charge < -0.3 is 0 Å². The highest BCUT2D eigenvalue weighted by molar-refractivity contribution is 14.1. The lowest BCUT2D eigenvalue weighted by atomic mass is 9.89. The first-order valence-corrected chi connectivity index (χ1v) is 4.32. The molecule has 0 rings (SSSR count). The SMILES string of the molecule is CC(C)C(OI)(C(F)(F)F)C(F)(F)F. The van der Waals surface area contributed by atoms with Gasteiger partial charge in [-0.15, -0.1) is 0 Å². The van der Waals surface area contributed by atoms with E-state index in [1.165, 1.54) is 0 Å². The van der Waals surface area contributed by atoms with Crippen LogP contribution in [-0.4, -0.2) is 18.0 Å². The van der Waals surface area contributed by atoms with Crippen molar-refractivity contribution in [3.63, 3.8) is 0 Å². The van der Waals surface area contributed by atoms with Gasteiger partial charge in [0.05, 0.1) is 0 Å². The van der Waals surface area contributed by atoms with Crippen molar-refractivity contribution in [1.82, 2.24) is 0 Å². The van der Waals surface area contributed by atoms with Crippen LogP contribution in [0.4, 0.5) is 26.3 Å². The summed E-state index contributed by atoms with van der Waals surface area (Å²) in [6.07, 6.45) is -11.0. The van der Waals surface area contributed by atoms with Crippen LogP contribution in [0, 0.1) is 5.92 Å². The van der Waals surface area contributed by atoms with Gasteiger partial charge >= 0.3 is 12.4 Å². The Balaban J connectivity index is 5.45. The van der Waals surface area contributed by atoms with Crippen molar-refractivity contribution < 1.29 is 29.4 Å². The molecule has 0 bridgehead atoms. The summed E-state index contributed by atoms with van der Waals surface area (Å²) in [5.41, 5.74) is -4.10. The quantitative estimate of drug-likeness (QED) is 0.550. The Hall–Kier alpha value is 0.270. The fraction of sp³-hybridized carbons (Fsp3) is 1.00. The zero-order valence-electron chi connectivity index (χ0n) is 7.13. The molecule has 0 spiro atoms. The number of alkyl halides is 6. The molecular weight excluding hydrogens is 329 g/mol. The number of hydrogen-bond acceptors (Lipinski definition) is 1. The normalized spacial score (nSPS) is 15.0. The monoisotopic (exact) mass is 336 g/mol. The molecule has 0 fully saturated rings. The minimum atomic E-state index is -5.49. The Morgan fingerprint density at radius 1 is 0.929 bits per heavy atom. The van der Waals surface area contributed by atoms with Crippen LogP contribution in [0.3, 0.4) is 0 Å². The molecule has 0 aliphatic heterocycles. The van der Waals surface area contributed by atoms with Gasteiger partial charge in [-0.2, -0.15) is 26.3 Å². The van der Waals surface area contributed by atoms with Crippen molar-refractivity contribution in [2.45, 2.75) is 31.8 Å². The van der Waals surface area contributed by atoms with Crippen LogP contribution in [0.15, 0.2) is 0 Å². The summed E-state index contributed by atoms with van der Waals surface area (Å²) < 4.78 is 77.3. The molecule has 0 amide bonds. The van der Waals surface area contributed by atoms with E-state index in [4.69, 9.17) is 0 Å². The molecule has 0 aromatic carbocycles. The third kappa shape index (κ3) is 2.10. The Morgan fingerprint density at radius 2 is 1.21 bits per heavy atom. The topological polar surface area (TPSA) is 9.23 Å². The lowest BCUT2D eigenvalue weighted by Gasteiger charge is -2.37. The average Bonchev–Trinajstić information content (AvgIpc) is 1.80. The highest BCUT2D eigenvalue weighted by Gasteiger charge is 2.74. The molecule has 8 heteroatoms. The van der Waals surface area contributed by atoms with Crippen LogP contribution in [0.2, 0.25) is 0 Å². The first kappa shape index (κ1) is 14.3. The number of halogens is 7. The average molecular weight is 336 g/mol. The van der Waals surface area contributed by atoms with Gasteiger partial charge in [0.15, 0.2) is 0 Å². The second kappa shape index (κ2) is 4.03. The third-order valence-corrected chi connectivity index (χ3v) is 2.47. The lowest BCUT2D eigenvalue weighted by Crippen LogP contribution is -2.60. The molecule has 0 aliphatic carbocycles. The summed E-state index contributed by atoms with van der Waals surface area (Å²) in [5.74, 6) is -1.75. The van der Waals surface area contributed by atoms with Crippen LogP contribution < -0.4 is 0 Å². The Bertz CT molecular complexity index is 181. The molecule has 0 saturated carbocycles. The van der Waals surface area contributed by atoms with Gasteiger partial charge in [-0.3, -0.25) is 3.07 Å². The Morgan fingerprint density at radius 3 is 1.21 bits per heavy atom. The molecule has 86 valence electrons. The van der Waals surface area contributed by atoms with E-state index in [-0.39, 0.29) is 0 Å². The molecule has 0 N–H and O–H groups in total. The van der Waals surface area contributed by atoms with Gasteiger partial charge in [0.25, 0.3) is 5.60 Å². The predicted molar refractivity (Wildman–Crippen MR) is 44.8 cm³/mol. The van der Waals surface area contributed by atoms with E-state index in [0.717, 1.165) is 13.8 Å². The summed E-state index contributed by atoms with van der Waals surface area (Å²) in [7, 11) is 0. The standard InChI is InChI=1S/C6H7F6IO/c1-3(2)4(14-13,5(7,8)9)6(10,11)12/h3H,1-2H3. The molecular formula is C6H7F6IO. The minimum absolute atomic E-state index is 0.628. The zero-order chi connectivity index (χ0) is 11.8. The number of rotatable bonds is 2. The maximum Gasteiger partial charge on any atom is 0.427 e. The van der Waals surface area contributed by atoms with Crippen LogP contribution in [0.1, 0.15) is 13.8 Å². The minimum Gasteiger partial charge on any atom is -0.289 e. The van der Waals surface area contributed by atoms with Gasteiger partial charge in [-0.05, 0) is 0 Å². The lowest BCUT2D eigenvalue weighted by molar-refractivity contribution is -0.362. The summed E-state index contributed by atoms with van der Waals surface area (Å²) >= 11 is 0.628. The van der Waals surface area contributed by atoms with Gasteiger partial charge in [-0.25, -0.2) is 0 Å². The van der Waals surface area contributed by atoms with Crippen molar-refractivity contribution in [3.05, 3.63) is 0 Å². The van der Waals surface area contributed by atoms with Gasteiger partial charge in [-0.1, -0.05) is 13.8 Å². The van der Waals surface area contributed by atoms with E-state index in [9.17, 15) is 26.3 Å². The van der Waals surface area contributed by atoms with Crippen LogP contribution in [0.5, 0.6) is 0 Å². The molecule has 0 aromatic rings. The van der Waals surface area contributed by atoms with Crippen molar-refractivity contribution >= 4 is 23.0 Å². The van der Waals surface area contributed by atoms with Gasteiger partial charge in [0.2, 0.25) is 0 Å². The Labute approximate surface area is 90.5 Å². The second-order valence-corrected chi connectivity index (χ2v) is 3.40. The van der Waals surface area contributed by atoms with Gasteiger partial charge in [0, 0.05) is 5.92 Å². The molecule has 0 heterocycles. The molecule has 14 heavy (non-hydrogen) atoms. The highest BCUT2D eigenvalue weighted by Crippen LogP contribution is 2.51. The molecule has 0 saturated heterocycles. The maximum atomic E-state index is 12.3. The highest BCUT2D eigenvalue weighted by atomic mass is 127. The molecule has 0 aliphatic rings. The molecule has 0 aromatic heterocycles. The summed E-state index contributed by atoms with van der Waals surface area (Å²) in [4.78, 5) is 0. The van der Waals surface area contributed by atoms with E-state index in [1.807, 2.05) is 0 Å². The fourth-order valence-electron chi connectivity index (χ4n) is 0.992. The van der Waals surface area contributed by atoms with Crippen molar-refractivity contribution in [3.8, 4) is 0 Å². The van der Waals surface area contributed by atoms with Crippen LogP contribution in [-0.2, 0) is 3.07 Å². The molecule has 0 atom stereocenters. The first-order chi connectivity index (χ1) is 6.00. The smallest absolute Gasteiger partial charge is 0.289 e. The van der Waals surface area contributed by atoms with E-state index in [2.05, 4.69) is 3.07 Å². The van der Waals surface area contributed by atoms with E-state index in [1.54, 1.807) is 0 Å². The molecule has 0 unspecified atom stereocenters. The first-order valence-electron chi connectivity index (χ1n) is 3.44. The van der Waals surface area contributed by atoms with Crippen molar-refractivity contribution in [2.24, 2.45) is 5.92 Å². The summed E-state index contributed by atoms with van der Waals surface area (Å²) in [5, 5.41) is 0. The summed E-state index contributed by atoms with van der Waals surface area (Å²) in [6.45, 7) is 1.61. The molecule has 0 radical (unpaired) electrons. The maximum absolute atomic E-state index is 12.3. The largest absolute Gasteiger partial charge is 0.427 e. The predicted octanol–water partition coefficient (Wildman–Crippen LogP) is 3.87. The number of hydrogen-bond donors (Lipinski definition) is 0. The van der Waals surface area contributed by atoms with Crippen molar-refractivity contribution in [2.75, 3.05) is 0 Å². The van der Waals surface area contributed by atoms with Gasteiger partial charge in [0.1, 0.15) is 23.0 Å². The van der Waals surface area contributed by atoms with E-state index >= 15 is 0 Å².